The summed E-state index contributed by atoms with van der Waals surface area (Å²) in [6.45, 7) is 1.33. The molecule has 110 valence electrons. The summed E-state index contributed by atoms with van der Waals surface area (Å²) in [5, 5.41) is 9.16. The van der Waals surface area contributed by atoms with Crippen molar-refractivity contribution in [3.05, 3.63) is 18.0 Å². The molecule has 0 aliphatic carbocycles. The SMILES string of the molecule is CCCn1cc(S(=O)(=O)N(C)CC(F)F)cc1CO. The fourth-order valence-electron chi connectivity index (χ4n) is 1.72. The maximum atomic E-state index is 12.3. The van der Waals surface area contributed by atoms with E-state index in [1.807, 2.05) is 6.92 Å². The minimum Gasteiger partial charge on any atom is -0.390 e. The Balaban J connectivity index is 3.07. The number of alkyl halides is 2. The average molecular weight is 296 g/mol. The average Bonchev–Trinajstić information content (AvgIpc) is 2.72. The molecule has 5 nitrogen and oxygen atoms in total. The largest absolute Gasteiger partial charge is 0.390 e. The number of aryl methyl sites for hydroxylation is 1. The monoisotopic (exact) mass is 296 g/mol. The Labute approximate surface area is 111 Å². The normalized spacial score (nSPS) is 12.6. The van der Waals surface area contributed by atoms with Crippen LogP contribution in [-0.4, -0.2) is 42.4 Å². The van der Waals surface area contributed by atoms with Gasteiger partial charge in [0.1, 0.15) is 4.90 Å². The first kappa shape index (κ1) is 16.1. The van der Waals surface area contributed by atoms with Gasteiger partial charge in [0.05, 0.1) is 13.2 Å². The van der Waals surface area contributed by atoms with Crippen LogP contribution in [0.5, 0.6) is 0 Å². The standard InChI is InChI=1S/C11H18F2N2O3S/c1-3-4-15-6-10(5-9(15)8-16)19(17,18)14(2)7-11(12)13/h5-6,11,16H,3-4,7-8H2,1-2H3. The van der Waals surface area contributed by atoms with Gasteiger partial charge in [0, 0.05) is 25.5 Å². The molecule has 19 heavy (non-hydrogen) atoms. The Morgan fingerprint density at radius 3 is 2.58 bits per heavy atom. The molecule has 0 aliphatic rings. The highest BCUT2D eigenvalue weighted by Gasteiger charge is 2.25. The summed E-state index contributed by atoms with van der Waals surface area (Å²) in [7, 11) is -2.83. The van der Waals surface area contributed by atoms with E-state index >= 15 is 0 Å². The van der Waals surface area contributed by atoms with Crippen molar-refractivity contribution in [2.45, 2.75) is 37.8 Å². The molecule has 1 aromatic heterocycles. The Kier molecular flexibility index (Phi) is 5.45. The zero-order valence-corrected chi connectivity index (χ0v) is 11.7. The first-order valence-electron chi connectivity index (χ1n) is 5.87. The van der Waals surface area contributed by atoms with E-state index in [2.05, 4.69) is 0 Å². The summed E-state index contributed by atoms with van der Waals surface area (Å²) in [5.74, 6) is 0. The lowest BCUT2D eigenvalue weighted by Gasteiger charge is -2.15. The minimum atomic E-state index is -3.94. The van der Waals surface area contributed by atoms with Gasteiger partial charge in [0.2, 0.25) is 10.0 Å². The third kappa shape index (κ3) is 3.74. The Hall–Kier alpha value is -0.990. The predicted molar refractivity (Wildman–Crippen MR) is 66.5 cm³/mol. The van der Waals surface area contributed by atoms with Gasteiger partial charge >= 0.3 is 0 Å². The van der Waals surface area contributed by atoms with Crippen molar-refractivity contribution in [3.63, 3.8) is 0 Å². The molecule has 0 bridgehead atoms. The predicted octanol–water partition coefficient (Wildman–Crippen LogP) is 1.28. The summed E-state index contributed by atoms with van der Waals surface area (Å²) in [5.41, 5.74) is 0.450. The van der Waals surface area contributed by atoms with Crippen LogP contribution in [0.4, 0.5) is 8.78 Å². The van der Waals surface area contributed by atoms with E-state index < -0.39 is 23.0 Å². The van der Waals surface area contributed by atoms with Crippen molar-refractivity contribution < 1.29 is 22.3 Å². The lowest BCUT2D eigenvalue weighted by Crippen LogP contribution is -2.31. The Morgan fingerprint density at radius 2 is 2.11 bits per heavy atom. The summed E-state index contributed by atoms with van der Waals surface area (Å²) in [4.78, 5) is -0.0758. The zero-order valence-electron chi connectivity index (χ0n) is 10.9. The molecule has 0 aliphatic heterocycles. The molecule has 0 saturated heterocycles. The van der Waals surface area contributed by atoms with Crippen molar-refractivity contribution in [1.82, 2.24) is 8.87 Å². The first-order valence-corrected chi connectivity index (χ1v) is 7.31. The molecular weight excluding hydrogens is 278 g/mol. The van der Waals surface area contributed by atoms with Crippen molar-refractivity contribution in [1.29, 1.82) is 0 Å². The molecule has 1 heterocycles. The van der Waals surface area contributed by atoms with Crippen LogP contribution in [0.3, 0.4) is 0 Å². The van der Waals surface area contributed by atoms with Crippen molar-refractivity contribution in [2.24, 2.45) is 0 Å². The number of sulfonamides is 1. The van der Waals surface area contributed by atoms with Gasteiger partial charge in [-0.3, -0.25) is 0 Å². The third-order valence-corrected chi connectivity index (χ3v) is 4.48. The Morgan fingerprint density at radius 1 is 1.47 bits per heavy atom. The Bertz CT molecular complexity index is 514. The van der Waals surface area contributed by atoms with Crippen LogP contribution < -0.4 is 0 Å². The molecule has 1 aromatic rings. The lowest BCUT2D eigenvalue weighted by molar-refractivity contribution is 0.126. The first-order chi connectivity index (χ1) is 8.82. The highest BCUT2D eigenvalue weighted by atomic mass is 32.2. The molecule has 0 radical (unpaired) electrons. The topological polar surface area (TPSA) is 62.5 Å². The molecule has 0 fully saturated rings. The van der Waals surface area contributed by atoms with Gasteiger partial charge in [0.15, 0.2) is 0 Å². The van der Waals surface area contributed by atoms with E-state index in [0.717, 1.165) is 13.5 Å². The van der Waals surface area contributed by atoms with E-state index in [1.165, 1.54) is 12.3 Å². The smallest absolute Gasteiger partial charge is 0.252 e. The van der Waals surface area contributed by atoms with Gasteiger partial charge in [-0.2, -0.15) is 4.31 Å². The second kappa shape index (κ2) is 6.44. The fourth-order valence-corrected chi connectivity index (χ4v) is 2.93. The summed E-state index contributed by atoms with van der Waals surface area (Å²) in [6, 6.07) is 1.31. The van der Waals surface area contributed by atoms with Gasteiger partial charge < -0.3 is 9.67 Å². The number of hydrogen-bond acceptors (Lipinski definition) is 3. The van der Waals surface area contributed by atoms with Crippen LogP contribution >= 0.6 is 0 Å². The number of rotatable bonds is 7. The van der Waals surface area contributed by atoms with E-state index in [0.29, 0.717) is 16.5 Å². The van der Waals surface area contributed by atoms with E-state index in [1.54, 1.807) is 4.57 Å². The van der Waals surface area contributed by atoms with Crippen LogP contribution in [0.2, 0.25) is 0 Å². The number of aromatic nitrogens is 1. The molecule has 0 saturated carbocycles. The second-order valence-electron chi connectivity index (χ2n) is 4.20. The maximum absolute atomic E-state index is 12.3. The minimum absolute atomic E-state index is 0.0758. The number of hydrogen-bond donors (Lipinski definition) is 1. The van der Waals surface area contributed by atoms with E-state index in [4.69, 9.17) is 5.11 Å². The lowest BCUT2D eigenvalue weighted by atomic mass is 10.4. The van der Waals surface area contributed by atoms with Crippen molar-refractivity contribution >= 4 is 10.0 Å². The van der Waals surface area contributed by atoms with Gasteiger partial charge in [-0.25, -0.2) is 17.2 Å². The number of halogens is 2. The molecule has 0 atom stereocenters. The third-order valence-electron chi connectivity index (χ3n) is 2.69. The highest BCUT2D eigenvalue weighted by Crippen LogP contribution is 2.19. The molecule has 1 N–H and O–H groups in total. The van der Waals surface area contributed by atoms with Gasteiger partial charge in [-0.15, -0.1) is 0 Å². The summed E-state index contributed by atoms with van der Waals surface area (Å²) >= 11 is 0. The maximum Gasteiger partial charge on any atom is 0.252 e. The number of aliphatic hydroxyl groups excluding tert-OH is 1. The molecule has 0 unspecified atom stereocenters. The molecule has 1 rings (SSSR count). The summed E-state index contributed by atoms with van der Waals surface area (Å²) < 4.78 is 50.8. The molecule has 0 aromatic carbocycles. The van der Waals surface area contributed by atoms with Crippen molar-refractivity contribution in [3.8, 4) is 0 Å². The van der Waals surface area contributed by atoms with Gasteiger partial charge in [-0.1, -0.05) is 6.92 Å². The molecule has 0 amide bonds. The highest BCUT2D eigenvalue weighted by molar-refractivity contribution is 7.89. The van der Waals surface area contributed by atoms with Crippen LogP contribution in [-0.2, 0) is 23.2 Å². The molecule has 8 heteroatoms. The van der Waals surface area contributed by atoms with Crippen LogP contribution in [0.1, 0.15) is 19.0 Å². The zero-order chi connectivity index (χ0) is 14.6. The summed E-state index contributed by atoms with van der Waals surface area (Å²) in [6.07, 6.45) is -0.588. The van der Waals surface area contributed by atoms with E-state index in [-0.39, 0.29) is 11.5 Å². The van der Waals surface area contributed by atoms with E-state index in [9.17, 15) is 17.2 Å². The number of nitrogens with zero attached hydrogens (tertiary/aromatic N) is 2. The molecular formula is C11H18F2N2O3S. The number of aliphatic hydroxyl groups is 1. The van der Waals surface area contributed by atoms with Crippen LogP contribution in [0.15, 0.2) is 17.2 Å². The van der Waals surface area contributed by atoms with Crippen LogP contribution in [0, 0.1) is 0 Å². The van der Waals surface area contributed by atoms with Crippen LogP contribution in [0.25, 0.3) is 0 Å². The molecule has 0 spiro atoms. The fraction of sp³-hybridized carbons (Fsp3) is 0.636. The van der Waals surface area contributed by atoms with Gasteiger partial charge in [-0.05, 0) is 12.5 Å². The van der Waals surface area contributed by atoms with Gasteiger partial charge in [0.25, 0.3) is 6.43 Å². The van der Waals surface area contributed by atoms with Crippen molar-refractivity contribution in [2.75, 3.05) is 13.6 Å². The quantitative estimate of drug-likeness (QED) is 0.824. The second-order valence-corrected chi connectivity index (χ2v) is 6.24.